The average Bonchev–Trinajstić information content (AvgIpc) is 2.18. The molecule has 0 saturated carbocycles. The first-order valence-electron chi connectivity index (χ1n) is 5.07. The number of anilines is 2. The molecular weight excluding hydrogens is 233 g/mol. The number of hydrogen-bond donors (Lipinski definition) is 2. The van der Waals surface area contributed by atoms with Crippen LogP contribution in [0.5, 0.6) is 0 Å². The van der Waals surface area contributed by atoms with Gasteiger partial charge in [-0.15, -0.1) is 0 Å². The van der Waals surface area contributed by atoms with E-state index in [1.54, 1.807) is 6.92 Å². The molecule has 0 aliphatic heterocycles. The summed E-state index contributed by atoms with van der Waals surface area (Å²) in [6.07, 6.45) is -4.45. The van der Waals surface area contributed by atoms with Crippen molar-refractivity contribution in [3.8, 4) is 0 Å². The second-order valence-corrected chi connectivity index (χ2v) is 3.47. The largest absolute Gasteiger partial charge is 0.418 e. The van der Waals surface area contributed by atoms with E-state index in [-0.39, 0.29) is 11.4 Å². The number of alkyl halides is 3. The Bertz CT molecular complexity index is 416. The van der Waals surface area contributed by atoms with Gasteiger partial charge in [-0.3, -0.25) is 4.79 Å². The van der Waals surface area contributed by atoms with Gasteiger partial charge in [-0.25, -0.2) is 0 Å². The van der Waals surface area contributed by atoms with Gasteiger partial charge in [0, 0.05) is 24.8 Å². The number of carbonyl (C=O) groups excluding carboxylic acids is 1. The number of carbonyl (C=O) groups is 1. The highest BCUT2D eigenvalue weighted by Gasteiger charge is 2.33. The highest BCUT2D eigenvalue weighted by molar-refractivity contribution is 5.89. The van der Waals surface area contributed by atoms with Crippen LogP contribution in [0, 0.1) is 0 Å². The lowest BCUT2D eigenvalue weighted by atomic mass is 10.1. The van der Waals surface area contributed by atoms with Crippen molar-refractivity contribution in [1.29, 1.82) is 0 Å². The lowest BCUT2D eigenvalue weighted by molar-refractivity contribution is -0.137. The van der Waals surface area contributed by atoms with Gasteiger partial charge in [0.25, 0.3) is 0 Å². The molecule has 0 aromatic heterocycles. The maximum Gasteiger partial charge on any atom is 0.418 e. The highest BCUT2D eigenvalue weighted by atomic mass is 19.4. The molecule has 1 aromatic rings. The molecule has 1 rings (SSSR count). The van der Waals surface area contributed by atoms with Gasteiger partial charge in [-0.05, 0) is 25.1 Å². The zero-order chi connectivity index (χ0) is 13.1. The highest BCUT2D eigenvalue weighted by Crippen LogP contribution is 2.36. The van der Waals surface area contributed by atoms with Crippen LogP contribution in [0.3, 0.4) is 0 Å². The van der Waals surface area contributed by atoms with Crippen LogP contribution in [-0.2, 0) is 11.0 Å². The van der Waals surface area contributed by atoms with Gasteiger partial charge in [-0.1, -0.05) is 0 Å². The van der Waals surface area contributed by atoms with Gasteiger partial charge in [0.2, 0.25) is 5.91 Å². The van der Waals surface area contributed by atoms with Crippen LogP contribution in [0.4, 0.5) is 24.5 Å². The van der Waals surface area contributed by atoms with Crippen molar-refractivity contribution >= 4 is 17.3 Å². The standard InChI is InChI=1S/C11H13F3N2O/c1-3-15-10-5-4-8(16-7(2)17)6-9(10)11(12,13)14/h4-6,15H,3H2,1-2H3,(H,16,17). The Labute approximate surface area is 97.0 Å². The molecule has 0 aliphatic rings. The molecule has 0 fully saturated rings. The minimum absolute atomic E-state index is 0.00843. The normalized spacial score (nSPS) is 11.1. The number of amides is 1. The third kappa shape index (κ3) is 3.65. The van der Waals surface area contributed by atoms with Crippen molar-refractivity contribution in [3.63, 3.8) is 0 Å². The number of nitrogens with one attached hydrogen (secondary N) is 2. The summed E-state index contributed by atoms with van der Waals surface area (Å²) in [6.45, 7) is 3.34. The monoisotopic (exact) mass is 246 g/mol. The van der Waals surface area contributed by atoms with Crippen molar-refractivity contribution < 1.29 is 18.0 Å². The molecule has 0 saturated heterocycles. The molecule has 0 spiro atoms. The fraction of sp³-hybridized carbons (Fsp3) is 0.364. The summed E-state index contributed by atoms with van der Waals surface area (Å²) in [7, 11) is 0. The molecule has 0 bridgehead atoms. The Morgan fingerprint density at radius 1 is 1.35 bits per heavy atom. The number of benzene rings is 1. The van der Waals surface area contributed by atoms with Crippen molar-refractivity contribution in [3.05, 3.63) is 23.8 Å². The van der Waals surface area contributed by atoms with Gasteiger partial charge in [0.05, 0.1) is 5.56 Å². The van der Waals surface area contributed by atoms with E-state index in [1.807, 2.05) is 0 Å². The number of halogens is 3. The van der Waals surface area contributed by atoms with Crippen LogP contribution in [-0.4, -0.2) is 12.5 Å². The molecule has 6 heteroatoms. The summed E-state index contributed by atoms with van der Waals surface area (Å²) in [6, 6.07) is 3.64. The summed E-state index contributed by atoms with van der Waals surface area (Å²) in [4.78, 5) is 10.8. The van der Waals surface area contributed by atoms with Gasteiger partial charge >= 0.3 is 6.18 Å². The van der Waals surface area contributed by atoms with Crippen LogP contribution < -0.4 is 10.6 Å². The minimum Gasteiger partial charge on any atom is -0.385 e. The fourth-order valence-electron chi connectivity index (χ4n) is 1.40. The van der Waals surface area contributed by atoms with E-state index in [0.717, 1.165) is 6.07 Å². The predicted molar refractivity (Wildman–Crippen MR) is 59.9 cm³/mol. The third-order valence-electron chi connectivity index (χ3n) is 2.01. The Morgan fingerprint density at radius 2 is 2.00 bits per heavy atom. The van der Waals surface area contributed by atoms with Gasteiger partial charge < -0.3 is 10.6 Å². The SMILES string of the molecule is CCNc1ccc(NC(C)=O)cc1C(F)(F)F. The van der Waals surface area contributed by atoms with E-state index in [2.05, 4.69) is 10.6 Å². The predicted octanol–water partition coefficient (Wildman–Crippen LogP) is 3.10. The molecule has 1 amide bonds. The quantitative estimate of drug-likeness (QED) is 0.860. The lowest BCUT2D eigenvalue weighted by Gasteiger charge is -2.15. The van der Waals surface area contributed by atoms with Gasteiger partial charge in [0.1, 0.15) is 0 Å². The van der Waals surface area contributed by atoms with Crippen molar-refractivity contribution in [2.45, 2.75) is 20.0 Å². The second-order valence-electron chi connectivity index (χ2n) is 3.47. The van der Waals surface area contributed by atoms with Crippen molar-refractivity contribution in [1.82, 2.24) is 0 Å². The van der Waals surface area contributed by atoms with Crippen LogP contribution >= 0.6 is 0 Å². The summed E-state index contributed by atoms with van der Waals surface area (Å²) < 4.78 is 38.2. The molecule has 2 N–H and O–H groups in total. The van der Waals surface area contributed by atoms with Crippen molar-refractivity contribution in [2.75, 3.05) is 17.2 Å². The summed E-state index contributed by atoms with van der Waals surface area (Å²) in [5, 5.41) is 4.95. The molecular formula is C11H13F3N2O. The lowest BCUT2D eigenvalue weighted by Crippen LogP contribution is -2.13. The first-order chi connectivity index (χ1) is 7.84. The number of rotatable bonds is 3. The Balaban J connectivity index is 3.14. The molecule has 0 atom stereocenters. The molecule has 3 nitrogen and oxygen atoms in total. The number of hydrogen-bond acceptors (Lipinski definition) is 2. The van der Waals surface area contributed by atoms with E-state index in [9.17, 15) is 18.0 Å². The average molecular weight is 246 g/mol. The fourth-order valence-corrected chi connectivity index (χ4v) is 1.40. The van der Waals surface area contributed by atoms with Gasteiger partial charge in [0.15, 0.2) is 0 Å². The zero-order valence-corrected chi connectivity index (χ0v) is 9.48. The first kappa shape index (κ1) is 13.3. The van der Waals surface area contributed by atoms with E-state index in [1.165, 1.54) is 19.1 Å². The molecule has 1 aromatic carbocycles. The Hall–Kier alpha value is -1.72. The molecule has 17 heavy (non-hydrogen) atoms. The first-order valence-corrected chi connectivity index (χ1v) is 5.07. The minimum atomic E-state index is -4.45. The smallest absolute Gasteiger partial charge is 0.385 e. The molecule has 0 aliphatic carbocycles. The van der Waals surface area contributed by atoms with E-state index >= 15 is 0 Å². The maximum absolute atomic E-state index is 12.7. The van der Waals surface area contributed by atoms with Crippen LogP contribution in [0.1, 0.15) is 19.4 Å². The molecule has 94 valence electrons. The van der Waals surface area contributed by atoms with Crippen LogP contribution in [0.15, 0.2) is 18.2 Å². The van der Waals surface area contributed by atoms with Crippen LogP contribution in [0.2, 0.25) is 0 Å². The molecule has 0 unspecified atom stereocenters. The third-order valence-corrected chi connectivity index (χ3v) is 2.01. The topological polar surface area (TPSA) is 41.1 Å². The maximum atomic E-state index is 12.7. The van der Waals surface area contributed by atoms with E-state index in [0.29, 0.717) is 6.54 Å². The van der Waals surface area contributed by atoms with Gasteiger partial charge in [-0.2, -0.15) is 13.2 Å². The Morgan fingerprint density at radius 3 is 2.47 bits per heavy atom. The van der Waals surface area contributed by atoms with Crippen molar-refractivity contribution in [2.24, 2.45) is 0 Å². The molecule has 0 radical (unpaired) electrons. The van der Waals surface area contributed by atoms with Crippen LogP contribution in [0.25, 0.3) is 0 Å². The summed E-state index contributed by atoms with van der Waals surface area (Å²) >= 11 is 0. The Kier molecular flexibility index (Phi) is 3.98. The van der Waals surface area contributed by atoms with E-state index < -0.39 is 17.6 Å². The summed E-state index contributed by atoms with van der Waals surface area (Å²) in [5.74, 6) is -0.408. The summed E-state index contributed by atoms with van der Waals surface area (Å²) in [5.41, 5.74) is -0.647. The zero-order valence-electron chi connectivity index (χ0n) is 9.48. The second kappa shape index (κ2) is 5.07. The van der Waals surface area contributed by atoms with E-state index in [4.69, 9.17) is 0 Å². The molecule has 0 heterocycles.